The van der Waals surface area contributed by atoms with Crippen molar-refractivity contribution in [3.8, 4) is 18.4 Å². The standard InChI is InChI=1S/C10H14N2/c1-2-3-7-12-8-5-4-6-10(12)9-11/h1,10H,3-8H2. The molecule has 1 heterocycles. The van der Waals surface area contributed by atoms with Crippen molar-refractivity contribution in [2.75, 3.05) is 13.1 Å². The second kappa shape index (κ2) is 4.80. The van der Waals surface area contributed by atoms with Gasteiger partial charge in [0.15, 0.2) is 0 Å². The predicted molar refractivity (Wildman–Crippen MR) is 48.3 cm³/mol. The average molecular weight is 162 g/mol. The van der Waals surface area contributed by atoms with Crippen molar-refractivity contribution >= 4 is 0 Å². The molecule has 1 saturated heterocycles. The molecule has 1 rings (SSSR count). The van der Waals surface area contributed by atoms with E-state index in [1.54, 1.807) is 0 Å². The van der Waals surface area contributed by atoms with Crippen LogP contribution < -0.4 is 0 Å². The van der Waals surface area contributed by atoms with E-state index in [1.807, 2.05) is 0 Å². The largest absolute Gasteiger partial charge is 0.287 e. The van der Waals surface area contributed by atoms with Crippen LogP contribution in [0.4, 0.5) is 0 Å². The summed E-state index contributed by atoms with van der Waals surface area (Å²) >= 11 is 0. The molecule has 12 heavy (non-hydrogen) atoms. The van der Waals surface area contributed by atoms with Crippen LogP contribution >= 0.6 is 0 Å². The van der Waals surface area contributed by atoms with Gasteiger partial charge in [0, 0.05) is 13.0 Å². The molecule has 0 bridgehead atoms. The van der Waals surface area contributed by atoms with Crippen LogP contribution in [0.1, 0.15) is 25.7 Å². The highest BCUT2D eigenvalue weighted by atomic mass is 15.2. The molecule has 0 radical (unpaired) electrons. The molecule has 1 aliphatic heterocycles. The number of rotatable bonds is 2. The van der Waals surface area contributed by atoms with Crippen molar-refractivity contribution in [3.05, 3.63) is 0 Å². The number of hydrogen-bond donors (Lipinski definition) is 0. The quantitative estimate of drug-likeness (QED) is 0.574. The van der Waals surface area contributed by atoms with Gasteiger partial charge in [-0.05, 0) is 25.8 Å². The highest BCUT2D eigenvalue weighted by Gasteiger charge is 2.20. The molecule has 64 valence electrons. The highest BCUT2D eigenvalue weighted by Crippen LogP contribution is 2.15. The van der Waals surface area contributed by atoms with Crippen molar-refractivity contribution < 1.29 is 0 Å². The average Bonchev–Trinajstić information content (AvgIpc) is 2.15. The molecule has 0 amide bonds. The summed E-state index contributed by atoms with van der Waals surface area (Å²) in [5, 5.41) is 8.82. The predicted octanol–water partition coefficient (Wildman–Crippen LogP) is 1.39. The Morgan fingerprint density at radius 2 is 2.33 bits per heavy atom. The molecule has 0 aromatic carbocycles. The summed E-state index contributed by atoms with van der Waals surface area (Å²) in [5.74, 6) is 2.61. The monoisotopic (exact) mass is 162 g/mol. The third-order valence-corrected chi connectivity index (χ3v) is 2.31. The van der Waals surface area contributed by atoms with Gasteiger partial charge in [-0.25, -0.2) is 0 Å². The molecule has 1 unspecified atom stereocenters. The SMILES string of the molecule is C#CCCN1CCCCC1C#N. The van der Waals surface area contributed by atoms with Crippen molar-refractivity contribution in [1.29, 1.82) is 5.26 Å². The van der Waals surface area contributed by atoms with Gasteiger partial charge in [-0.3, -0.25) is 4.90 Å². The van der Waals surface area contributed by atoms with Gasteiger partial charge in [0.1, 0.15) is 0 Å². The summed E-state index contributed by atoms with van der Waals surface area (Å²) in [7, 11) is 0. The Bertz CT molecular complexity index is 209. The minimum Gasteiger partial charge on any atom is -0.287 e. The van der Waals surface area contributed by atoms with Crippen LogP contribution in [-0.4, -0.2) is 24.0 Å². The summed E-state index contributed by atoms with van der Waals surface area (Å²) in [6.07, 6.45) is 9.35. The first-order valence-electron chi connectivity index (χ1n) is 4.45. The number of likely N-dealkylation sites (tertiary alicyclic amines) is 1. The van der Waals surface area contributed by atoms with Crippen molar-refractivity contribution in [1.82, 2.24) is 4.90 Å². The maximum atomic E-state index is 8.82. The Hall–Kier alpha value is -0.990. The lowest BCUT2D eigenvalue weighted by Crippen LogP contribution is -2.38. The summed E-state index contributed by atoms with van der Waals surface area (Å²) in [5.41, 5.74) is 0. The smallest absolute Gasteiger partial charge is 0.0978 e. The van der Waals surface area contributed by atoms with Gasteiger partial charge in [-0.15, -0.1) is 12.3 Å². The van der Waals surface area contributed by atoms with Crippen molar-refractivity contribution in [3.63, 3.8) is 0 Å². The van der Waals surface area contributed by atoms with E-state index in [0.717, 1.165) is 25.9 Å². The second-order valence-electron chi connectivity index (χ2n) is 3.13. The summed E-state index contributed by atoms with van der Waals surface area (Å²) in [6, 6.07) is 2.44. The van der Waals surface area contributed by atoms with Gasteiger partial charge in [-0.1, -0.05) is 0 Å². The zero-order chi connectivity index (χ0) is 8.81. The molecule has 2 nitrogen and oxygen atoms in total. The van der Waals surface area contributed by atoms with E-state index in [-0.39, 0.29) is 6.04 Å². The van der Waals surface area contributed by atoms with E-state index < -0.39 is 0 Å². The normalized spacial score (nSPS) is 24.3. The minimum absolute atomic E-state index is 0.118. The molecule has 0 saturated carbocycles. The Morgan fingerprint density at radius 3 is 3.00 bits per heavy atom. The lowest BCUT2D eigenvalue weighted by molar-refractivity contribution is 0.189. The lowest BCUT2D eigenvalue weighted by Gasteiger charge is -2.30. The fraction of sp³-hybridized carbons (Fsp3) is 0.700. The van der Waals surface area contributed by atoms with Gasteiger partial charge >= 0.3 is 0 Å². The van der Waals surface area contributed by atoms with E-state index in [9.17, 15) is 0 Å². The first-order valence-corrected chi connectivity index (χ1v) is 4.45. The van der Waals surface area contributed by atoms with Crippen LogP contribution in [0.5, 0.6) is 0 Å². The molecule has 0 N–H and O–H groups in total. The molecule has 1 aliphatic rings. The molecule has 2 heteroatoms. The van der Waals surface area contributed by atoms with E-state index in [4.69, 9.17) is 11.7 Å². The highest BCUT2D eigenvalue weighted by molar-refractivity contribution is 4.95. The number of nitrogens with zero attached hydrogens (tertiary/aromatic N) is 2. The van der Waals surface area contributed by atoms with Gasteiger partial charge in [0.25, 0.3) is 0 Å². The van der Waals surface area contributed by atoms with Gasteiger partial charge in [0.2, 0.25) is 0 Å². The van der Waals surface area contributed by atoms with Crippen LogP contribution in [-0.2, 0) is 0 Å². The fourth-order valence-electron chi connectivity index (χ4n) is 1.61. The molecule has 1 atom stereocenters. The fourth-order valence-corrected chi connectivity index (χ4v) is 1.61. The van der Waals surface area contributed by atoms with Crippen LogP contribution in [0.2, 0.25) is 0 Å². The Morgan fingerprint density at radius 1 is 1.50 bits per heavy atom. The third kappa shape index (κ3) is 2.26. The lowest BCUT2D eigenvalue weighted by atomic mass is 10.0. The molecule has 1 fully saturated rings. The van der Waals surface area contributed by atoms with E-state index in [0.29, 0.717) is 0 Å². The maximum absolute atomic E-state index is 8.82. The molecular formula is C10H14N2. The summed E-state index contributed by atoms with van der Waals surface area (Å²) in [6.45, 7) is 1.93. The van der Waals surface area contributed by atoms with Crippen LogP contribution in [0.3, 0.4) is 0 Å². The number of piperidine rings is 1. The van der Waals surface area contributed by atoms with Gasteiger partial charge in [0.05, 0.1) is 12.1 Å². The Balaban J connectivity index is 2.38. The molecule has 0 spiro atoms. The van der Waals surface area contributed by atoms with Gasteiger partial charge in [-0.2, -0.15) is 5.26 Å². The zero-order valence-electron chi connectivity index (χ0n) is 7.29. The second-order valence-corrected chi connectivity index (χ2v) is 3.13. The maximum Gasteiger partial charge on any atom is 0.0978 e. The molecular weight excluding hydrogens is 148 g/mol. The third-order valence-electron chi connectivity index (χ3n) is 2.31. The Kier molecular flexibility index (Phi) is 3.64. The van der Waals surface area contributed by atoms with Crippen LogP contribution in [0.15, 0.2) is 0 Å². The van der Waals surface area contributed by atoms with Crippen LogP contribution in [0, 0.1) is 23.7 Å². The topological polar surface area (TPSA) is 27.0 Å². The van der Waals surface area contributed by atoms with E-state index in [1.165, 1.54) is 12.8 Å². The van der Waals surface area contributed by atoms with Crippen molar-refractivity contribution in [2.45, 2.75) is 31.7 Å². The van der Waals surface area contributed by atoms with Gasteiger partial charge < -0.3 is 0 Å². The first kappa shape index (κ1) is 9.10. The molecule has 0 aliphatic carbocycles. The molecule has 0 aromatic heterocycles. The van der Waals surface area contributed by atoms with E-state index in [2.05, 4.69) is 16.9 Å². The summed E-state index contributed by atoms with van der Waals surface area (Å²) < 4.78 is 0. The van der Waals surface area contributed by atoms with Crippen molar-refractivity contribution in [2.24, 2.45) is 0 Å². The van der Waals surface area contributed by atoms with E-state index >= 15 is 0 Å². The minimum atomic E-state index is 0.118. The number of nitriles is 1. The summed E-state index contributed by atoms with van der Waals surface area (Å²) in [4.78, 5) is 2.20. The first-order chi connectivity index (χ1) is 5.88. The zero-order valence-corrected chi connectivity index (χ0v) is 7.29. The number of hydrogen-bond acceptors (Lipinski definition) is 2. The molecule has 0 aromatic rings. The van der Waals surface area contributed by atoms with Crippen LogP contribution in [0.25, 0.3) is 0 Å². The Labute approximate surface area is 74.2 Å². The number of terminal acetylenes is 1.